The van der Waals surface area contributed by atoms with Crippen LogP contribution in [-0.4, -0.2) is 29.2 Å². The van der Waals surface area contributed by atoms with Gasteiger partial charge in [-0.2, -0.15) is 0 Å². The number of anilines is 1. The molecule has 2 rings (SSSR count). The molecule has 0 aliphatic rings. The highest BCUT2D eigenvalue weighted by Gasteiger charge is 2.07. The van der Waals surface area contributed by atoms with Crippen LogP contribution in [0.1, 0.15) is 10.6 Å². The first-order valence-corrected chi connectivity index (χ1v) is 5.79. The van der Waals surface area contributed by atoms with Gasteiger partial charge in [-0.25, -0.2) is 0 Å². The van der Waals surface area contributed by atoms with Crippen molar-refractivity contribution in [2.75, 3.05) is 19.4 Å². The Balaban J connectivity index is 1.89. The zero-order valence-electron chi connectivity index (χ0n) is 9.30. The van der Waals surface area contributed by atoms with Gasteiger partial charge in [0.2, 0.25) is 5.13 Å². The topological polar surface area (TPSA) is 54.2 Å². The second kappa shape index (κ2) is 5.09. The van der Waals surface area contributed by atoms with E-state index in [4.69, 9.17) is 4.42 Å². The molecule has 2 aromatic heterocycles. The van der Waals surface area contributed by atoms with E-state index in [1.165, 1.54) is 5.56 Å². The van der Waals surface area contributed by atoms with E-state index >= 15 is 0 Å². The molecule has 0 spiro atoms. The van der Waals surface area contributed by atoms with Gasteiger partial charge in [0.25, 0.3) is 0 Å². The van der Waals surface area contributed by atoms with E-state index in [-0.39, 0.29) is 0 Å². The minimum Gasteiger partial charge on any atom is -0.472 e. The maximum Gasteiger partial charge on any atom is 0.205 e. The number of nitrogens with zero attached hydrogens (tertiary/aromatic N) is 3. The Morgan fingerprint density at radius 2 is 2.31 bits per heavy atom. The zero-order valence-corrected chi connectivity index (χ0v) is 10.1. The van der Waals surface area contributed by atoms with Crippen molar-refractivity contribution in [3.05, 3.63) is 29.2 Å². The van der Waals surface area contributed by atoms with E-state index < -0.39 is 0 Å². The molecule has 0 radical (unpaired) electrons. The van der Waals surface area contributed by atoms with Gasteiger partial charge >= 0.3 is 0 Å². The molecule has 6 heteroatoms. The van der Waals surface area contributed by atoms with Crippen molar-refractivity contribution in [2.45, 2.75) is 13.1 Å². The number of aromatic nitrogens is 2. The highest BCUT2D eigenvalue weighted by atomic mass is 32.1. The maximum absolute atomic E-state index is 5.03. The summed E-state index contributed by atoms with van der Waals surface area (Å²) in [5.74, 6) is 0. The molecule has 16 heavy (non-hydrogen) atoms. The third kappa shape index (κ3) is 2.80. The van der Waals surface area contributed by atoms with Crippen molar-refractivity contribution < 1.29 is 4.42 Å². The SMILES string of the molecule is CNc1nnc(CN(C)Cc2ccoc2)s1. The third-order valence-electron chi connectivity index (χ3n) is 2.12. The van der Waals surface area contributed by atoms with E-state index in [9.17, 15) is 0 Å². The third-order valence-corrected chi connectivity index (χ3v) is 3.04. The van der Waals surface area contributed by atoms with Crippen molar-refractivity contribution in [1.29, 1.82) is 0 Å². The average molecular weight is 238 g/mol. The van der Waals surface area contributed by atoms with Crippen molar-refractivity contribution >= 4 is 16.5 Å². The Labute approximate surface area is 98.1 Å². The second-order valence-corrected chi connectivity index (χ2v) is 4.62. The van der Waals surface area contributed by atoms with Crippen LogP contribution in [-0.2, 0) is 13.1 Å². The Hall–Kier alpha value is -1.40. The number of hydrogen-bond donors (Lipinski definition) is 1. The predicted octanol–water partition coefficient (Wildman–Crippen LogP) is 1.80. The molecule has 2 aromatic rings. The fraction of sp³-hybridized carbons (Fsp3) is 0.400. The van der Waals surface area contributed by atoms with Crippen LogP contribution in [0.4, 0.5) is 5.13 Å². The number of furan rings is 1. The summed E-state index contributed by atoms with van der Waals surface area (Å²) in [6, 6.07) is 1.97. The van der Waals surface area contributed by atoms with Gasteiger partial charge in [0, 0.05) is 19.2 Å². The molecule has 0 unspecified atom stereocenters. The van der Waals surface area contributed by atoms with Gasteiger partial charge in [0.05, 0.1) is 19.1 Å². The molecule has 2 heterocycles. The molecule has 0 saturated carbocycles. The lowest BCUT2D eigenvalue weighted by Crippen LogP contribution is -2.16. The maximum atomic E-state index is 5.03. The van der Waals surface area contributed by atoms with Crippen LogP contribution in [0.2, 0.25) is 0 Å². The average Bonchev–Trinajstić information content (AvgIpc) is 2.89. The van der Waals surface area contributed by atoms with Gasteiger partial charge in [0.15, 0.2) is 0 Å². The monoisotopic (exact) mass is 238 g/mol. The Kier molecular flexibility index (Phi) is 3.53. The molecule has 0 aromatic carbocycles. The molecule has 1 N–H and O–H groups in total. The molecule has 86 valence electrons. The molecule has 0 aliphatic heterocycles. The molecule has 0 bridgehead atoms. The minimum atomic E-state index is 0.796. The molecule has 0 amide bonds. The first kappa shape index (κ1) is 11.1. The standard InChI is InChI=1S/C10H14N4OS/c1-11-10-13-12-9(16-10)6-14(2)5-8-3-4-15-7-8/h3-4,7H,5-6H2,1-2H3,(H,11,13). The minimum absolute atomic E-state index is 0.796. The van der Waals surface area contributed by atoms with Crippen molar-refractivity contribution in [1.82, 2.24) is 15.1 Å². The summed E-state index contributed by atoms with van der Waals surface area (Å²) in [4.78, 5) is 2.17. The number of nitrogens with one attached hydrogen (secondary N) is 1. The van der Waals surface area contributed by atoms with E-state index in [1.54, 1.807) is 23.9 Å². The second-order valence-electron chi connectivity index (χ2n) is 3.55. The van der Waals surface area contributed by atoms with E-state index in [0.29, 0.717) is 0 Å². The van der Waals surface area contributed by atoms with E-state index in [2.05, 4.69) is 20.4 Å². The van der Waals surface area contributed by atoms with Gasteiger partial charge in [-0.1, -0.05) is 11.3 Å². The molecular weight excluding hydrogens is 224 g/mol. The lowest BCUT2D eigenvalue weighted by molar-refractivity contribution is 0.316. The van der Waals surface area contributed by atoms with Crippen molar-refractivity contribution in [2.24, 2.45) is 0 Å². The fourth-order valence-corrected chi connectivity index (χ4v) is 2.17. The molecular formula is C10H14N4OS. The number of rotatable bonds is 5. The number of hydrogen-bond acceptors (Lipinski definition) is 6. The normalized spacial score (nSPS) is 10.9. The molecule has 5 nitrogen and oxygen atoms in total. The lowest BCUT2D eigenvalue weighted by Gasteiger charge is -2.12. The van der Waals surface area contributed by atoms with Crippen LogP contribution in [0.25, 0.3) is 0 Å². The summed E-state index contributed by atoms with van der Waals surface area (Å²) < 4.78 is 5.03. The largest absolute Gasteiger partial charge is 0.472 e. The highest BCUT2D eigenvalue weighted by Crippen LogP contribution is 2.16. The van der Waals surface area contributed by atoms with Gasteiger partial charge in [0.1, 0.15) is 5.01 Å². The Bertz CT molecular complexity index is 426. The van der Waals surface area contributed by atoms with Crippen LogP contribution in [0, 0.1) is 0 Å². The Morgan fingerprint density at radius 3 is 2.94 bits per heavy atom. The Morgan fingerprint density at radius 1 is 1.44 bits per heavy atom. The zero-order chi connectivity index (χ0) is 11.4. The highest BCUT2D eigenvalue weighted by molar-refractivity contribution is 7.15. The summed E-state index contributed by atoms with van der Waals surface area (Å²) in [6.07, 6.45) is 3.45. The predicted molar refractivity (Wildman–Crippen MR) is 63.3 cm³/mol. The summed E-state index contributed by atoms with van der Waals surface area (Å²) in [6.45, 7) is 1.65. The molecule has 0 fully saturated rings. The van der Waals surface area contributed by atoms with Gasteiger partial charge in [-0.05, 0) is 13.1 Å². The van der Waals surface area contributed by atoms with Gasteiger partial charge < -0.3 is 9.73 Å². The van der Waals surface area contributed by atoms with Crippen LogP contribution in [0.15, 0.2) is 23.0 Å². The quantitative estimate of drug-likeness (QED) is 0.861. The van der Waals surface area contributed by atoms with Crippen molar-refractivity contribution in [3.8, 4) is 0 Å². The molecule has 0 atom stereocenters. The fourth-order valence-electron chi connectivity index (χ4n) is 1.40. The summed E-state index contributed by atoms with van der Waals surface area (Å²) in [5, 5.41) is 12.9. The first-order valence-electron chi connectivity index (χ1n) is 4.97. The molecule has 0 saturated heterocycles. The van der Waals surface area contributed by atoms with Crippen LogP contribution >= 0.6 is 11.3 Å². The lowest BCUT2D eigenvalue weighted by atomic mass is 10.3. The van der Waals surface area contributed by atoms with Crippen LogP contribution < -0.4 is 5.32 Å². The van der Waals surface area contributed by atoms with Crippen LogP contribution in [0.3, 0.4) is 0 Å². The van der Waals surface area contributed by atoms with E-state index in [0.717, 1.165) is 23.2 Å². The molecule has 0 aliphatic carbocycles. The smallest absolute Gasteiger partial charge is 0.205 e. The van der Waals surface area contributed by atoms with Gasteiger partial charge in [-0.15, -0.1) is 10.2 Å². The summed E-state index contributed by atoms with van der Waals surface area (Å²) in [5.41, 5.74) is 1.17. The van der Waals surface area contributed by atoms with E-state index in [1.807, 2.05) is 20.2 Å². The summed E-state index contributed by atoms with van der Waals surface area (Å²) in [7, 11) is 3.90. The van der Waals surface area contributed by atoms with Crippen molar-refractivity contribution in [3.63, 3.8) is 0 Å². The van der Waals surface area contributed by atoms with Gasteiger partial charge in [-0.3, -0.25) is 4.90 Å². The van der Waals surface area contributed by atoms with Crippen LogP contribution in [0.5, 0.6) is 0 Å². The first-order chi connectivity index (χ1) is 7.78. The summed E-state index contributed by atoms with van der Waals surface area (Å²) >= 11 is 1.58.